The summed E-state index contributed by atoms with van der Waals surface area (Å²) in [5.74, 6) is 0.725. The summed E-state index contributed by atoms with van der Waals surface area (Å²) in [5, 5.41) is 9.18. The van der Waals surface area contributed by atoms with Crippen LogP contribution < -0.4 is 0 Å². The zero-order valence-corrected chi connectivity index (χ0v) is 10.5. The van der Waals surface area contributed by atoms with Gasteiger partial charge in [0.25, 0.3) is 0 Å². The molecule has 0 heterocycles. The first-order valence-electron chi connectivity index (χ1n) is 5.90. The first-order chi connectivity index (χ1) is 6.93. The topological polar surface area (TPSA) is 33.0 Å². The van der Waals surface area contributed by atoms with Gasteiger partial charge >= 0.3 is 0 Å². The molecular formula is C13H23NO. The lowest BCUT2D eigenvalue weighted by Crippen LogP contribution is -2.29. The van der Waals surface area contributed by atoms with Crippen LogP contribution >= 0.6 is 0 Å². The van der Waals surface area contributed by atoms with Crippen molar-refractivity contribution < 1.29 is 4.74 Å². The van der Waals surface area contributed by atoms with Gasteiger partial charge in [0, 0.05) is 7.11 Å². The molecule has 2 unspecified atom stereocenters. The monoisotopic (exact) mass is 209 g/mol. The van der Waals surface area contributed by atoms with E-state index in [4.69, 9.17) is 4.74 Å². The van der Waals surface area contributed by atoms with Crippen LogP contribution in [0.15, 0.2) is 0 Å². The van der Waals surface area contributed by atoms with Crippen molar-refractivity contribution in [1.82, 2.24) is 0 Å². The second-order valence-corrected chi connectivity index (χ2v) is 5.80. The van der Waals surface area contributed by atoms with Crippen molar-refractivity contribution in [3.05, 3.63) is 0 Å². The Morgan fingerprint density at radius 1 is 1.27 bits per heavy atom. The summed E-state index contributed by atoms with van der Waals surface area (Å²) in [6, 6.07) is 2.36. The van der Waals surface area contributed by atoms with Crippen molar-refractivity contribution in [1.29, 1.82) is 5.26 Å². The first-order valence-corrected chi connectivity index (χ1v) is 5.90. The van der Waals surface area contributed by atoms with E-state index in [9.17, 15) is 5.26 Å². The minimum absolute atomic E-state index is 0.360. The van der Waals surface area contributed by atoms with Crippen LogP contribution in [-0.4, -0.2) is 12.7 Å². The minimum Gasteiger partial charge on any atom is -0.363 e. The fraction of sp³-hybridized carbons (Fsp3) is 0.923. The third-order valence-corrected chi connectivity index (χ3v) is 3.85. The normalized spacial score (nSPS) is 33.1. The smallest absolute Gasteiger partial charge is 0.153 e. The average molecular weight is 209 g/mol. The summed E-state index contributed by atoms with van der Waals surface area (Å²) in [6.07, 6.45) is 5.25. The van der Waals surface area contributed by atoms with Crippen LogP contribution in [0.5, 0.6) is 0 Å². The van der Waals surface area contributed by atoms with Gasteiger partial charge in [-0.25, -0.2) is 0 Å². The van der Waals surface area contributed by atoms with Crippen molar-refractivity contribution >= 4 is 0 Å². The van der Waals surface area contributed by atoms with Gasteiger partial charge in [0.2, 0.25) is 0 Å². The van der Waals surface area contributed by atoms with Gasteiger partial charge in [-0.15, -0.1) is 0 Å². The summed E-state index contributed by atoms with van der Waals surface area (Å²) in [7, 11) is 1.67. The first kappa shape index (κ1) is 12.5. The van der Waals surface area contributed by atoms with Crippen LogP contribution in [0.3, 0.4) is 0 Å². The van der Waals surface area contributed by atoms with Gasteiger partial charge in [-0.05, 0) is 43.4 Å². The van der Waals surface area contributed by atoms with E-state index in [0.29, 0.717) is 5.41 Å². The Morgan fingerprint density at radius 2 is 1.93 bits per heavy atom. The van der Waals surface area contributed by atoms with Gasteiger partial charge in [0.05, 0.1) is 6.07 Å². The molecule has 0 aliphatic heterocycles. The zero-order chi connectivity index (χ0) is 11.5. The Labute approximate surface area is 93.6 Å². The predicted octanol–water partition coefficient (Wildman–Crippen LogP) is 3.52. The molecule has 1 rings (SSSR count). The van der Waals surface area contributed by atoms with Gasteiger partial charge in [0.1, 0.15) is 0 Å². The zero-order valence-electron chi connectivity index (χ0n) is 10.5. The number of nitrogens with zero attached hydrogens (tertiary/aromatic N) is 1. The highest BCUT2D eigenvalue weighted by molar-refractivity contribution is 5.03. The molecule has 0 bridgehead atoms. The summed E-state index contributed by atoms with van der Waals surface area (Å²) < 4.78 is 5.41. The number of ether oxygens (including phenoxy) is 1. The molecule has 1 saturated carbocycles. The molecule has 1 aliphatic rings. The molecule has 0 aromatic rings. The standard InChI is InChI=1S/C13H23NO/c1-12(2,3)11-6-5-8-13(10-14,15-4)9-7-11/h11H,5-9H2,1-4H3. The average Bonchev–Trinajstić information content (AvgIpc) is 2.39. The number of methoxy groups -OCH3 is 1. The summed E-state index contributed by atoms with van der Waals surface area (Å²) in [6.45, 7) is 6.89. The minimum atomic E-state index is -0.500. The SMILES string of the molecule is COC1(C#N)CCCC(C(C)(C)C)CC1. The van der Waals surface area contributed by atoms with Crippen LogP contribution in [-0.2, 0) is 4.74 Å². The van der Waals surface area contributed by atoms with E-state index in [-0.39, 0.29) is 0 Å². The Morgan fingerprint density at radius 3 is 2.40 bits per heavy atom. The van der Waals surface area contributed by atoms with Gasteiger partial charge in [-0.3, -0.25) is 0 Å². The van der Waals surface area contributed by atoms with E-state index in [2.05, 4.69) is 26.8 Å². The van der Waals surface area contributed by atoms with Crippen molar-refractivity contribution in [2.24, 2.45) is 11.3 Å². The predicted molar refractivity (Wildman–Crippen MR) is 61.4 cm³/mol. The Bertz CT molecular complexity index is 248. The quantitative estimate of drug-likeness (QED) is 0.619. The van der Waals surface area contributed by atoms with Gasteiger partial charge in [-0.2, -0.15) is 5.26 Å². The molecule has 0 saturated heterocycles. The second-order valence-electron chi connectivity index (χ2n) is 5.80. The molecule has 2 heteroatoms. The van der Waals surface area contributed by atoms with E-state index in [0.717, 1.165) is 31.6 Å². The van der Waals surface area contributed by atoms with Crippen LogP contribution in [0.25, 0.3) is 0 Å². The molecule has 0 aromatic heterocycles. The van der Waals surface area contributed by atoms with Crippen molar-refractivity contribution in [3.8, 4) is 6.07 Å². The molecule has 0 aromatic carbocycles. The molecule has 86 valence electrons. The van der Waals surface area contributed by atoms with Crippen LogP contribution in [0, 0.1) is 22.7 Å². The number of hydrogen-bond donors (Lipinski definition) is 0. The maximum absolute atomic E-state index is 9.18. The van der Waals surface area contributed by atoms with E-state index in [1.807, 2.05) is 0 Å². The molecule has 0 N–H and O–H groups in total. The highest BCUT2D eigenvalue weighted by atomic mass is 16.5. The van der Waals surface area contributed by atoms with E-state index < -0.39 is 5.60 Å². The Kier molecular flexibility index (Phi) is 3.78. The van der Waals surface area contributed by atoms with Gasteiger partial charge in [0.15, 0.2) is 5.60 Å². The van der Waals surface area contributed by atoms with Crippen LogP contribution in [0.4, 0.5) is 0 Å². The molecule has 0 radical (unpaired) electrons. The number of nitriles is 1. The molecule has 2 nitrogen and oxygen atoms in total. The fourth-order valence-corrected chi connectivity index (χ4v) is 2.54. The maximum Gasteiger partial charge on any atom is 0.153 e. The van der Waals surface area contributed by atoms with Crippen LogP contribution in [0.2, 0.25) is 0 Å². The molecule has 0 amide bonds. The molecule has 2 atom stereocenters. The molecular weight excluding hydrogens is 186 g/mol. The third-order valence-electron chi connectivity index (χ3n) is 3.85. The summed E-state index contributed by atoms with van der Waals surface area (Å²) in [5.41, 5.74) is -0.140. The number of hydrogen-bond acceptors (Lipinski definition) is 2. The Hall–Kier alpha value is -0.550. The van der Waals surface area contributed by atoms with E-state index in [1.165, 1.54) is 6.42 Å². The van der Waals surface area contributed by atoms with E-state index >= 15 is 0 Å². The summed E-state index contributed by atoms with van der Waals surface area (Å²) in [4.78, 5) is 0. The lowest BCUT2D eigenvalue weighted by atomic mass is 9.76. The summed E-state index contributed by atoms with van der Waals surface area (Å²) >= 11 is 0. The largest absolute Gasteiger partial charge is 0.363 e. The highest BCUT2D eigenvalue weighted by Crippen LogP contribution is 2.40. The van der Waals surface area contributed by atoms with Gasteiger partial charge in [-0.1, -0.05) is 20.8 Å². The third kappa shape index (κ3) is 2.95. The molecule has 0 spiro atoms. The lowest BCUT2D eigenvalue weighted by Gasteiger charge is -2.30. The second kappa shape index (κ2) is 4.53. The Balaban J connectivity index is 2.68. The highest BCUT2D eigenvalue weighted by Gasteiger charge is 2.36. The molecule has 1 fully saturated rings. The van der Waals surface area contributed by atoms with Crippen LogP contribution in [0.1, 0.15) is 52.9 Å². The van der Waals surface area contributed by atoms with Crippen molar-refractivity contribution in [2.45, 2.75) is 58.5 Å². The van der Waals surface area contributed by atoms with Crippen molar-refractivity contribution in [3.63, 3.8) is 0 Å². The van der Waals surface area contributed by atoms with E-state index in [1.54, 1.807) is 7.11 Å². The molecule has 1 aliphatic carbocycles. The molecule has 15 heavy (non-hydrogen) atoms. The number of rotatable bonds is 1. The maximum atomic E-state index is 9.18. The lowest BCUT2D eigenvalue weighted by molar-refractivity contribution is 0.0241. The van der Waals surface area contributed by atoms with Gasteiger partial charge < -0.3 is 4.74 Å². The fourth-order valence-electron chi connectivity index (χ4n) is 2.54. The van der Waals surface area contributed by atoms with Crippen molar-refractivity contribution in [2.75, 3.05) is 7.11 Å².